The Labute approximate surface area is 145 Å². The maximum absolute atomic E-state index is 12.0. The number of aromatic nitrogens is 5. The Morgan fingerprint density at radius 2 is 2.20 bits per heavy atom. The first-order valence-corrected chi connectivity index (χ1v) is 8.16. The van der Waals surface area contributed by atoms with Crippen molar-refractivity contribution in [3.8, 4) is 11.4 Å². The van der Waals surface area contributed by atoms with Crippen LogP contribution < -0.4 is 5.32 Å². The van der Waals surface area contributed by atoms with Crippen molar-refractivity contribution >= 4 is 5.91 Å². The molecule has 0 aliphatic heterocycles. The van der Waals surface area contributed by atoms with Crippen LogP contribution in [0.25, 0.3) is 11.4 Å². The lowest BCUT2D eigenvalue weighted by atomic mass is 10.1. The molecule has 0 spiro atoms. The highest BCUT2D eigenvalue weighted by molar-refractivity contribution is 5.76. The molecule has 1 aromatic carbocycles. The molecule has 8 heteroatoms. The summed E-state index contributed by atoms with van der Waals surface area (Å²) in [5.41, 5.74) is 2.05. The molecule has 8 nitrogen and oxygen atoms in total. The minimum Gasteiger partial charge on any atom is -0.346 e. The molecule has 0 aliphatic rings. The van der Waals surface area contributed by atoms with E-state index in [9.17, 15) is 4.79 Å². The van der Waals surface area contributed by atoms with Crippen LogP contribution in [0.4, 0.5) is 0 Å². The van der Waals surface area contributed by atoms with E-state index in [0.717, 1.165) is 11.1 Å². The van der Waals surface area contributed by atoms with Crippen LogP contribution in [0, 0.1) is 6.92 Å². The molecule has 1 amide bonds. The summed E-state index contributed by atoms with van der Waals surface area (Å²) in [4.78, 5) is 20.4. The van der Waals surface area contributed by atoms with Crippen LogP contribution in [0.3, 0.4) is 0 Å². The molecule has 1 atom stereocenters. The van der Waals surface area contributed by atoms with Crippen molar-refractivity contribution < 1.29 is 9.32 Å². The fourth-order valence-corrected chi connectivity index (χ4v) is 2.50. The number of carbonyl (C=O) groups excluding carboxylic acids is 1. The third-order valence-corrected chi connectivity index (χ3v) is 3.87. The maximum Gasteiger partial charge on any atom is 0.226 e. The monoisotopic (exact) mass is 340 g/mol. The van der Waals surface area contributed by atoms with Gasteiger partial charge in [-0.25, -0.2) is 4.98 Å². The number of hydrogen-bond acceptors (Lipinski definition) is 6. The number of benzene rings is 1. The molecule has 0 fully saturated rings. The second-order valence-corrected chi connectivity index (χ2v) is 5.84. The van der Waals surface area contributed by atoms with Crippen LogP contribution in [0.5, 0.6) is 0 Å². The zero-order valence-corrected chi connectivity index (χ0v) is 14.2. The molecule has 0 radical (unpaired) electrons. The zero-order valence-electron chi connectivity index (χ0n) is 14.2. The van der Waals surface area contributed by atoms with E-state index in [1.807, 2.05) is 38.1 Å². The summed E-state index contributed by atoms with van der Waals surface area (Å²) < 4.78 is 5.28. The third-order valence-electron chi connectivity index (χ3n) is 3.87. The largest absolute Gasteiger partial charge is 0.346 e. The SMILES string of the molecule is Cc1ccccc1-c1noc(CCCC(=O)N[C@H](C)c2ncn[nH]2)n1. The molecule has 0 saturated carbocycles. The third kappa shape index (κ3) is 4.28. The predicted octanol–water partition coefficient (Wildman–Crippen LogP) is 2.36. The Bertz CT molecular complexity index is 827. The molecule has 2 N–H and O–H groups in total. The Hall–Kier alpha value is -3.03. The fraction of sp³-hybridized carbons (Fsp3) is 0.353. The average Bonchev–Trinajstić information content (AvgIpc) is 3.27. The van der Waals surface area contributed by atoms with Crippen molar-refractivity contribution in [1.29, 1.82) is 0 Å². The van der Waals surface area contributed by atoms with Crippen LogP contribution >= 0.6 is 0 Å². The number of nitrogens with zero attached hydrogens (tertiary/aromatic N) is 4. The topological polar surface area (TPSA) is 110 Å². The zero-order chi connectivity index (χ0) is 17.6. The molecular formula is C17H20N6O2. The second kappa shape index (κ2) is 7.69. The highest BCUT2D eigenvalue weighted by Gasteiger charge is 2.13. The lowest BCUT2D eigenvalue weighted by Crippen LogP contribution is -2.27. The quantitative estimate of drug-likeness (QED) is 0.683. The molecule has 130 valence electrons. The summed E-state index contributed by atoms with van der Waals surface area (Å²) in [5.74, 6) is 1.70. The molecular weight excluding hydrogens is 320 g/mol. The van der Waals surface area contributed by atoms with Crippen molar-refractivity contribution in [3.63, 3.8) is 0 Å². The number of carbonyl (C=O) groups is 1. The summed E-state index contributed by atoms with van der Waals surface area (Å²) in [6, 6.07) is 7.68. The lowest BCUT2D eigenvalue weighted by Gasteiger charge is -2.10. The lowest BCUT2D eigenvalue weighted by molar-refractivity contribution is -0.121. The Morgan fingerprint density at radius 3 is 2.96 bits per heavy atom. The number of amides is 1. The standard InChI is InChI=1S/C17H20N6O2/c1-11-6-3-4-7-13(11)17-21-15(25-23-17)9-5-8-14(24)20-12(2)16-18-10-19-22-16/h3-4,6-7,10,12H,5,8-9H2,1-2H3,(H,20,24)(H,18,19,22)/t12-/m1/s1. The maximum atomic E-state index is 12.0. The van der Waals surface area contributed by atoms with Crippen molar-refractivity contribution in [2.45, 2.75) is 39.2 Å². The van der Waals surface area contributed by atoms with Gasteiger partial charge in [0.2, 0.25) is 17.6 Å². The molecule has 2 aromatic heterocycles. The van der Waals surface area contributed by atoms with Crippen LogP contribution in [0.1, 0.15) is 43.1 Å². The van der Waals surface area contributed by atoms with Gasteiger partial charge in [-0.3, -0.25) is 9.89 Å². The van der Waals surface area contributed by atoms with Crippen LogP contribution in [-0.2, 0) is 11.2 Å². The van der Waals surface area contributed by atoms with Gasteiger partial charge in [-0.1, -0.05) is 29.4 Å². The van der Waals surface area contributed by atoms with Crippen molar-refractivity contribution in [3.05, 3.63) is 47.9 Å². The number of nitrogens with one attached hydrogen (secondary N) is 2. The summed E-state index contributed by atoms with van der Waals surface area (Å²) in [6.07, 6.45) is 2.98. The van der Waals surface area contributed by atoms with E-state index in [1.165, 1.54) is 6.33 Å². The molecule has 0 bridgehead atoms. The van der Waals surface area contributed by atoms with E-state index in [-0.39, 0.29) is 11.9 Å². The number of hydrogen-bond donors (Lipinski definition) is 2. The van der Waals surface area contributed by atoms with Gasteiger partial charge >= 0.3 is 0 Å². The van der Waals surface area contributed by atoms with Gasteiger partial charge in [-0.05, 0) is 25.8 Å². The van der Waals surface area contributed by atoms with E-state index in [2.05, 4.69) is 30.6 Å². The summed E-state index contributed by atoms with van der Waals surface area (Å²) >= 11 is 0. The predicted molar refractivity (Wildman–Crippen MR) is 90.3 cm³/mol. The second-order valence-electron chi connectivity index (χ2n) is 5.84. The summed E-state index contributed by atoms with van der Waals surface area (Å²) in [6.45, 7) is 3.86. The molecule has 25 heavy (non-hydrogen) atoms. The van der Waals surface area contributed by atoms with Gasteiger partial charge in [0, 0.05) is 18.4 Å². The smallest absolute Gasteiger partial charge is 0.226 e. The number of H-pyrrole nitrogens is 1. The first-order chi connectivity index (χ1) is 12.1. The Balaban J connectivity index is 1.48. The van der Waals surface area contributed by atoms with Crippen molar-refractivity contribution in [2.24, 2.45) is 0 Å². The highest BCUT2D eigenvalue weighted by Crippen LogP contribution is 2.20. The van der Waals surface area contributed by atoms with E-state index in [4.69, 9.17) is 4.52 Å². The van der Waals surface area contributed by atoms with E-state index in [0.29, 0.717) is 36.8 Å². The minimum absolute atomic E-state index is 0.0532. The number of rotatable bonds is 7. The van der Waals surface area contributed by atoms with Gasteiger partial charge in [0.05, 0.1) is 6.04 Å². The summed E-state index contributed by atoms with van der Waals surface area (Å²) in [7, 11) is 0. The molecule has 3 rings (SSSR count). The van der Waals surface area contributed by atoms with Gasteiger partial charge < -0.3 is 9.84 Å². The van der Waals surface area contributed by atoms with Crippen LogP contribution in [-0.4, -0.2) is 31.2 Å². The Morgan fingerprint density at radius 1 is 1.36 bits per heavy atom. The molecule has 0 aliphatic carbocycles. The normalized spacial score (nSPS) is 12.1. The number of aryl methyl sites for hydroxylation is 2. The summed E-state index contributed by atoms with van der Waals surface area (Å²) in [5, 5.41) is 13.4. The van der Waals surface area contributed by atoms with Crippen LogP contribution in [0.2, 0.25) is 0 Å². The van der Waals surface area contributed by atoms with E-state index in [1.54, 1.807) is 0 Å². The first-order valence-electron chi connectivity index (χ1n) is 8.16. The van der Waals surface area contributed by atoms with Gasteiger partial charge in [0.25, 0.3) is 0 Å². The van der Waals surface area contributed by atoms with E-state index >= 15 is 0 Å². The van der Waals surface area contributed by atoms with E-state index < -0.39 is 0 Å². The number of aromatic amines is 1. The molecule has 0 unspecified atom stereocenters. The minimum atomic E-state index is -0.203. The van der Waals surface area contributed by atoms with Crippen molar-refractivity contribution in [1.82, 2.24) is 30.6 Å². The van der Waals surface area contributed by atoms with Gasteiger partial charge in [-0.2, -0.15) is 10.1 Å². The Kier molecular flexibility index (Phi) is 5.17. The molecule has 2 heterocycles. The molecule has 3 aromatic rings. The van der Waals surface area contributed by atoms with Crippen LogP contribution in [0.15, 0.2) is 35.1 Å². The fourth-order valence-electron chi connectivity index (χ4n) is 2.50. The van der Waals surface area contributed by atoms with Crippen molar-refractivity contribution in [2.75, 3.05) is 0 Å². The van der Waals surface area contributed by atoms with Gasteiger partial charge in [0.15, 0.2) is 0 Å². The average molecular weight is 340 g/mol. The first kappa shape index (κ1) is 16.8. The molecule has 0 saturated heterocycles. The van der Waals surface area contributed by atoms with Gasteiger partial charge in [-0.15, -0.1) is 0 Å². The van der Waals surface area contributed by atoms with Gasteiger partial charge in [0.1, 0.15) is 12.2 Å². The highest BCUT2D eigenvalue weighted by atomic mass is 16.5.